The zero-order valence-electron chi connectivity index (χ0n) is 12.6. The van der Waals surface area contributed by atoms with Gasteiger partial charge in [-0.1, -0.05) is 12.1 Å². The van der Waals surface area contributed by atoms with Crippen LogP contribution in [-0.4, -0.2) is 13.0 Å². The molecule has 0 spiro atoms. The number of anilines is 1. The molecular weight excluding hydrogens is 321 g/mol. The molecule has 0 aliphatic heterocycles. The van der Waals surface area contributed by atoms with Crippen molar-refractivity contribution in [1.82, 2.24) is 0 Å². The second kappa shape index (κ2) is 7.04. The molecule has 1 amide bonds. The highest BCUT2D eigenvalue weighted by Crippen LogP contribution is 2.30. The average Bonchev–Trinajstić information content (AvgIpc) is 2.55. The molecule has 0 saturated heterocycles. The number of nitrogens with one attached hydrogen (secondary N) is 1. The van der Waals surface area contributed by atoms with Crippen LogP contribution in [0.15, 0.2) is 42.5 Å². The zero-order valence-corrected chi connectivity index (χ0v) is 12.6. The van der Waals surface area contributed by atoms with Crippen LogP contribution in [0.4, 0.5) is 18.9 Å². The second-order valence-corrected chi connectivity index (χ2v) is 4.90. The third-order valence-electron chi connectivity index (χ3n) is 3.25. The van der Waals surface area contributed by atoms with E-state index >= 15 is 0 Å². The zero-order chi connectivity index (χ0) is 17.7. The van der Waals surface area contributed by atoms with Gasteiger partial charge in [0.25, 0.3) is 5.91 Å². The molecule has 4 nitrogen and oxygen atoms in total. The van der Waals surface area contributed by atoms with Crippen LogP contribution >= 0.6 is 0 Å². The van der Waals surface area contributed by atoms with Crippen LogP contribution in [0.3, 0.4) is 0 Å². The molecule has 124 valence electrons. The lowest BCUT2D eigenvalue weighted by Crippen LogP contribution is -2.14. The third kappa shape index (κ3) is 4.04. The van der Waals surface area contributed by atoms with Crippen molar-refractivity contribution >= 4 is 11.6 Å². The summed E-state index contributed by atoms with van der Waals surface area (Å²) in [7, 11) is 1.39. The smallest absolute Gasteiger partial charge is 0.416 e. The van der Waals surface area contributed by atoms with Crippen LogP contribution in [0, 0.1) is 11.3 Å². The molecule has 2 aromatic carbocycles. The summed E-state index contributed by atoms with van der Waals surface area (Å²) in [4.78, 5) is 12.2. The van der Waals surface area contributed by atoms with Crippen molar-refractivity contribution in [1.29, 1.82) is 5.26 Å². The van der Waals surface area contributed by atoms with Crippen LogP contribution in [0.1, 0.15) is 21.5 Å². The molecule has 2 aromatic rings. The van der Waals surface area contributed by atoms with Crippen molar-refractivity contribution in [3.8, 4) is 11.8 Å². The van der Waals surface area contributed by atoms with E-state index in [9.17, 15) is 18.0 Å². The van der Waals surface area contributed by atoms with Gasteiger partial charge >= 0.3 is 6.18 Å². The number of hydrogen-bond acceptors (Lipinski definition) is 3. The quantitative estimate of drug-likeness (QED) is 0.918. The molecule has 0 unspecified atom stereocenters. The summed E-state index contributed by atoms with van der Waals surface area (Å²) in [6.45, 7) is 0. The Hall–Kier alpha value is -3.01. The number of nitriles is 1. The Morgan fingerprint density at radius 3 is 2.62 bits per heavy atom. The first-order valence-electron chi connectivity index (χ1n) is 6.87. The van der Waals surface area contributed by atoms with Crippen molar-refractivity contribution < 1.29 is 22.7 Å². The van der Waals surface area contributed by atoms with E-state index in [4.69, 9.17) is 10.00 Å². The molecule has 0 aliphatic rings. The number of amides is 1. The average molecular weight is 334 g/mol. The Balaban J connectivity index is 2.25. The largest absolute Gasteiger partial charge is 0.495 e. The van der Waals surface area contributed by atoms with Gasteiger partial charge in [0.2, 0.25) is 0 Å². The molecule has 0 heterocycles. The Labute approximate surface area is 136 Å². The Morgan fingerprint density at radius 1 is 1.25 bits per heavy atom. The maximum atomic E-state index is 12.7. The highest BCUT2D eigenvalue weighted by Gasteiger charge is 2.30. The van der Waals surface area contributed by atoms with Gasteiger partial charge in [0, 0.05) is 5.56 Å². The van der Waals surface area contributed by atoms with Crippen LogP contribution in [0.5, 0.6) is 5.75 Å². The minimum absolute atomic E-state index is 0.118. The molecule has 2 rings (SSSR count). The second-order valence-electron chi connectivity index (χ2n) is 4.90. The Kier molecular flexibility index (Phi) is 5.09. The molecule has 0 radical (unpaired) electrons. The first-order valence-corrected chi connectivity index (χ1v) is 6.87. The van der Waals surface area contributed by atoms with Crippen molar-refractivity contribution in [3.05, 3.63) is 59.2 Å². The van der Waals surface area contributed by atoms with E-state index < -0.39 is 17.6 Å². The van der Waals surface area contributed by atoms with Crippen LogP contribution in [0.2, 0.25) is 0 Å². The summed E-state index contributed by atoms with van der Waals surface area (Å²) in [5.41, 5.74) is -0.00696. The lowest BCUT2D eigenvalue weighted by molar-refractivity contribution is -0.137. The summed E-state index contributed by atoms with van der Waals surface area (Å²) in [6.07, 6.45) is -4.34. The van der Waals surface area contributed by atoms with Gasteiger partial charge in [-0.3, -0.25) is 4.79 Å². The first kappa shape index (κ1) is 17.3. The molecule has 24 heavy (non-hydrogen) atoms. The number of rotatable bonds is 4. The fraction of sp³-hybridized carbons (Fsp3) is 0.176. The maximum Gasteiger partial charge on any atom is 0.416 e. The number of carbonyl (C=O) groups excluding carboxylic acids is 1. The van der Waals surface area contributed by atoms with Gasteiger partial charge in [-0.15, -0.1) is 0 Å². The molecule has 0 aliphatic carbocycles. The van der Waals surface area contributed by atoms with Gasteiger partial charge < -0.3 is 10.1 Å². The molecule has 0 atom stereocenters. The van der Waals surface area contributed by atoms with E-state index in [1.54, 1.807) is 12.1 Å². The maximum absolute atomic E-state index is 12.7. The number of alkyl halides is 3. The van der Waals surface area contributed by atoms with E-state index in [0.29, 0.717) is 17.0 Å². The Bertz CT molecular complexity index is 795. The van der Waals surface area contributed by atoms with Crippen LogP contribution < -0.4 is 10.1 Å². The summed E-state index contributed by atoms with van der Waals surface area (Å²) in [5, 5.41) is 11.2. The van der Waals surface area contributed by atoms with E-state index in [0.717, 1.165) is 12.1 Å². The van der Waals surface area contributed by atoms with E-state index in [1.807, 2.05) is 6.07 Å². The van der Waals surface area contributed by atoms with Crippen molar-refractivity contribution in [2.45, 2.75) is 12.6 Å². The van der Waals surface area contributed by atoms with Crippen LogP contribution in [-0.2, 0) is 12.6 Å². The van der Waals surface area contributed by atoms with E-state index in [2.05, 4.69) is 5.32 Å². The van der Waals surface area contributed by atoms with Crippen molar-refractivity contribution in [2.24, 2.45) is 0 Å². The number of hydrogen-bond donors (Lipinski definition) is 1. The van der Waals surface area contributed by atoms with Gasteiger partial charge in [0.1, 0.15) is 5.75 Å². The monoisotopic (exact) mass is 334 g/mol. The molecular formula is C17H13F3N2O2. The van der Waals surface area contributed by atoms with Crippen molar-refractivity contribution in [2.75, 3.05) is 12.4 Å². The summed E-state index contributed by atoms with van der Waals surface area (Å²) >= 11 is 0. The number of methoxy groups -OCH3 is 1. The minimum Gasteiger partial charge on any atom is -0.495 e. The summed E-state index contributed by atoms with van der Waals surface area (Å²) in [5.74, 6) is -0.365. The van der Waals surface area contributed by atoms with Gasteiger partial charge in [-0.25, -0.2) is 0 Å². The molecule has 7 heteroatoms. The molecule has 0 fully saturated rings. The number of ether oxygens (including phenoxy) is 1. The van der Waals surface area contributed by atoms with Crippen molar-refractivity contribution in [3.63, 3.8) is 0 Å². The predicted octanol–water partition coefficient (Wildman–Crippen LogP) is 4.03. The number of nitrogens with zero attached hydrogens (tertiary/aromatic N) is 1. The van der Waals surface area contributed by atoms with Gasteiger partial charge in [0.15, 0.2) is 0 Å². The topological polar surface area (TPSA) is 62.1 Å². The summed E-state index contributed by atoms with van der Waals surface area (Å²) in [6, 6.07) is 10.9. The molecule has 0 saturated carbocycles. The number of carbonyl (C=O) groups is 1. The third-order valence-corrected chi connectivity index (χ3v) is 3.25. The van der Waals surface area contributed by atoms with Gasteiger partial charge in [0.05, 0.1) is 30.9 Å². The van der Waals surface area contributed by atoms with E-state index in [1.165, 1.54) is 25.3 Å². The minimum atomic E-state index is -4.52. The fourth-order valence-electron chi connectivity index (χ4n) is 2.07. The number of benzene rings is 2. The molecule has 0 aromatic heterocycles. The first-order chi connectivity index (χ1) is 11.3. The van der Waals surface area contributed by atoms with E-state index in [-0.39, 0.29) is 12.0 Å². The Morgan fingerprint density at radius 2 is 2.00 bits per heavy atom. The number of halogens is 3. The molecule has 0 bridgehead atoms. The highest BCUT2D eigenvalue weighted by molar-refractivity contribution is 6.05. The molecule has 1 N–H and O–H groups in total. The highest BCUT2D eigenvalue weighted by atomic mass is 19.4. The standard InChI is InChI=1S/C17H13F3N2O2/c1-24-15-9-11(7-8-21)5-6-14(15)22-16(23)12-3-2-4-13(10-12)17(18,19)20/h2-6,9-10H,7H2,1H3,(H,22,23). The lowest BCUT2D eigenvalue weighted by atomic mass is 10.1. The van der Waals surface area contributed by atoms with Gasteiger partial charge in [-0.2, -0.15) is 18.4 Å². The summed E-state index contributed by atoms with van der Waals surface area (Å²) < 4.78 is 43.3. The van der Waals surface area contributed by atoms with Crippen LogP contribution in [0.25, 0.3) is 0 Å². The lowest BCUT2D eigenvalue weighted by Gasteiger charge is -2.12. The normalized spacial score (nSPS) is 10.8. The SMILES string of the molecule is COc1cc(CC#N)ccc1NC(=O)c1cccc(C(F)(F)F)c1. The van der Waals surface area contributed by atoms with Gasteiger partial charge in [-0.05, 0) is 35.9 Å². The predicted molar refractivity (Wildman–Crippen MR) is 81.7 cm³/mol. The fourth-order valence-corrected chi connectivity index (χ4v) is 2.07.